The monoisotopic (exact) mass is 231 g/mol. The number of imidazole rings is 1. The maximum atomic E-state index is 8.32. The van der Waals surface area contributed by atoms with E-state index >= 15 is 0 Å². The van der Waals surface area contributed by atoms with E-state index in [4.69, 9.17) is 5.26 Å². The Bertz CT molecular complexity index is 292. The van der Waals surface area contributed by atoms with Crippen LogP contribution in [0.2, 0.25) is 0 Å². The van der Waals surface area contributed by atoms with Crippen molar-refractivity contribution in [3.8, 4) is 6.07 Å². The van der Waals surface area contributed by atoms with Crippen LogP contribution in [0.15, 0.2) is 6.33 Å². The van der Waals surface area contributed by atoms with Crippen LogP contribution in [0.1, 0.15) is 24.2 Å². The Balaban J connectivity index is 0.00000169. The molecule has 14 heavy (non-hydrogen) atoms. The molecule has 1 rings (SSSR count). The summed E-state index contributed by atoms with van der Waals surface area (Å²) < 4.78 is 0. The van der Waals surface area contributed by atoms with E-state index in [2.05, 4.69) is 16.0 Å². The van der Waals surface area contributed by atoms with E-state index in [-0.39, 0.29) is 12.4 Å². The van der Waals surface area contributed by atoms with Crippen molar-refractivity contribution in [2.75, 3.05) is 5.75 Å². The number of aromatic nitrogens is 2. The van der Waals surface area contributed by atoms with Crippen molar-refractivity contribution < 1.29 is 0 Å². The lowest BCUT2D eigenvalue weighted by Gasteiger charge is -1.97. The van der Waals surface area contributed by atoms with Crippen LogP contribution >= 0.6 is 24.2 Å². The van der Waals surface area contributed by atoms with Crippen LogP contribution < -0.4 is 0 Å². The minimum absolute atomic E-state index is 0. The molecule has 0 radical (unpaired) electrons. The Morgan fingerprint density at radius 3 is 3.00 bits per heavy atom. The molecule has 0 spiro atoms. The Hall–Kier alpha value is -0.660. The number of hydrogen-bond donors (Lipinski definition) is 1. The Kier molecular flexibility index (Phi) is 7.35. The van der Waals surface area contributed by atoms with E-state index in [1.165, 1.54) is 0 Å². The smallest absolute Gasteiger partial charge is 0.0925 e. The lowest BCUT2D eigenvalue weighted by atomic mass is 10.4. The molecular weight excluding hydrogens is 218 g/mol. The molecule has 0 bridgehead atoms. The van der Waals surface area contributed by atoms with E-state index in [1.807, 2.05) is 18.7 Å². The minimum Gasteiger partial charge on any atom is -0.348 e. The quantitative estimate of drug-likeness (QED) is 0.793. The first-order valence-electron chi connectivity index (χ1n) is 4.28. The Labute approximate surface area is 94.7 Å². The Morgan fingerprint density at radius 2 is 2.43 bits per heavy atom. The van der Waals surface area contributed by atoms with Gasteiger partial charge in [0.25, 0.3) is 0 Å². The number of thioether (sulfide) groups is 1. The second-order valence-corrected chi connectivity index (χ2v) is 3.89. The summed E-state index contributed by atoms with van der Waals surface area (Å²) in [6, 6.07) is 2.14. The molecule has 0 saturated heterocycles. The minimum atomic E-state index is 0. The average molecular weight is 232 g/mol. The van der Waals surface area contributed by atoms with Crippen molar-refractivity contribution in [3.63, 3.8) is 0 Å². The van der Waals surface area contributed by atoms with Crippen molar-refractivity contribution in [3.05, 3.63) is 17.7 Å². The predicted molar refractivity (Wildman–Crippen MR) is 61.6 cm³/mol. The largest absolute Gasteiger partial charge is 0.348 e. The van der Waals surface area contributed by atoms with Crippen LogP contribution in [0.25, 0.3) is 0 Å². The zero-order chi connectivity index (χ0) is 9.52. The summed E-state index contributed by atoms with van der Waals surface area (Å²) in [5, 5.41) is 8.32. The van der Waals surface area contributed by atoms with Gasteiger partial charge < -0.3 is 4.98 Å². The van der Waals surface area contributed by atoms with Crippen LogP contribution in [0.3, 0.4) is 0 Å². The summed E-state index contributed by atoms with van der Waals surface area (Å²) in [7, 11) is 0. The molecule has 0 aromatic carbocycles. The van der Waals surface area contributed by atoms with Crippen LogP contribution in [0.5, 0.6) is 0 Å². The Morgan fingerprint density at radius 1 is 1.64 bits per heavy atom. The highest BCUT2D eigenvalue weighted by Gasteiger charge is 1.99. The van der Waals surface area contributed by atoms with E-state index < -0.39 is 0 Å². The van der Waals surface area contributed by atoms with E-state index in [0.29, 0.717) is 6.42 Å². The fraction of sp³-hybridized carbons (Fsp3) is 0.556. The molecule has 0 atom stereocenters. The molecule has 0 fully saturated rings. The van der Waals surface area contributed by atoms with Crippen LogP contribution in [0.4, 0.5) is 0 Å². The fourth-order valence-electron chi connectivity index (χ4n) is 0.955. The molecular formula is C9H14ClN3S. The summed E-state index contributed by atoms with van der Waals surface area (Å²) in [5.74, 6) is 1.99. The van der Waals surface area contributed by atoms with Crippen molar-refractivity contribution in [1.29, 1.82) is 5.26 Å². The first-order chi connectivity index (χ1) is 6.34. The summed E-state index contributed by atoms with van der Waals surface area (Å²) in [5.41, 5.74) is 2.27. The lowest BCUT2D eigenvalue weighted by molar-refractivity contribution is 0.980. The van der Waals surface area contributed by atoms with Gasteiger partial charge in [-0.1, -0.05) is 0 Å². The molecule has 1 N–H and O–H groups in total. The summed E-state index contributed by atoms with van der Waals surface area (Å²) in [4.78, 5) is 7.24. The SMILES string of the molecule is Cc1[nH]cnc1CSCCCC#N.Cl. The number of halogens is 1. The third-order valence-electron chi connectivity index (χ3n) is 1.75. The van der Waals surface area contributed by atoms with Gasteiger partial charge in [0.2, 0.25) is 0 Å². The number of aromatic amines is 1. The average Bonchev–Trinajstić information content (AvgIpc) is 2.52. The highest BCUT2D eigenvalue weighted by Crippen LogP contribution is 2.13. The molecule has 1 aromatic heterocycles. The molecule has 1 aromatic rings. The first kappa shape index (κ1) is 13.3. The summed E-state index contributed by atoms with van der Waals surface area (Å²) >= 11 is 1.83. The molecule has 0 amide bonds. The van der Waals surface area contributed by atoms with Gasteiger partial charge in [-0.25, -0.2) is 4.98 Å². The van der Waals surface area contributed by atoms with Crippen molar-refractivity contribution in [1.82, 2.24) is 9.97 Å². The van der Waals surface area contributed by atoms with Gasteiger partial charge in [-0.3, -0.25) is 0 Å². The molecule has 78 valence electrons. The summed E-state index contributed by atoms with van der Waals surface area (Å²) in [6.45, 7) is 2.03. The van der Waals surface area contributed by atoms with Crippen LogP contribution in [0, 0.1) is 18.3 Å². The zero-order valence-electron chi connectivity index (χ0n) is 8.12. The van der Waals surface area contributed by atoms with E-state index in [1.54, 1.807) is 6.33 Å². The predicted octanol–water partition coefficient (Wildman–Crippen LogP) is 2.68. The van der Waals surface area contributed by atoms with Gasteiger partial charge in [0.05, 0.1) is 18.1 Å². The number of unbranched alkanes of at least 4 members (excludes halogenated alkanes) is 1. The van der Waals surface area contributed by atoms with Gasteiger partial charge in [-0.05, 0) is 19.1 Å². The molecule has 0 aliphatic rings. The van der Waals surface area contributed by atoms with Crippen molar-refractivity contribution >= 4 is 24.2 Å². The van der Waals surface area contributed by atoms with E-state index in [0.717, 1.165) is 29.3 Å². The normalized spacial score (nSPS) is 9.14. The van der Waals surface area contributed by atoms with Gasteiger partial charge in [0.15, 0.2) is 0 Å². The fourth-order valence-corrected chi connectivity index (χ4v) is 1.93. The van der Waals surface area contributed by atoms with Crippen molar-refractivity contribution in [2.24, 2.45) is 0 Å². The van der Waals surface area contributed by atoms with E-state index in [9.17, 15) is 0 Å². The molecule has 0 saturated carbocycles. The number of rotatable bonds is 5. The third kappa shape index (κ3) is 4.54. The molecule has 0 unspecified atom stereocenters. The number of H-pyrrole nitrogens is 1. The number of nitrogens with one attached hydrogen (secondary N) is 1. The molecule has 1 heterocycles. The summed E-state index contributed by atoms with van der Waals surface area (Å²) in [6.07, 6.45) is 3.36. The topological polar surface area (TPSA) is 52.5 Å². The van der Waals surface area contributed by atoms with Crippen LogP contribution in [-0.2, 0) is 5.75 Å². The zero-order valence-corrected chi connectivity index (χ0v) is 9.75. The first-order valence-corrected chi connectivity index (χ1v) is 5.43. The number of aryl methyl sites for hydroxylation is 1. The van der Waals surface area contributed by atoms with Gasteiger partial charge in [0, 0.05) is 17.9 Å². The number of nitriles is 1. The van der Waals surface area contributed by atoms with Gasteiger partial charge >= 0.3 is 0 Å². The van der Waals surface area contributed by atoms with Gasteiger partial charge in [-0.2, -0.15) is 17.0 Å². The maximum Gasteiger partial charge on any atom is 0.0925 e. The molecule has 5 heteroatoms. The lowest BCUT2D eigenvalue weighted by Crippen LogP contribution is -1.86. The number of hydrogen-bond acceptors (Lipinski definition) is 3. The highest BCUT2D eigenvalue weighted by atomic mass is 35.5. The number of nitrogens with zero attached hydrogens (tertiary/aromatic N) is 2. The van der Waals surface area contributed by atoms with Gasteiger partial charge in [-0.15, -0.1) is 12.4 Å². The second-order valence-electron chi connectivity index (χ2n) is 2.79. The molecule has 3 nitrogen and oxygen atoms in total. The standard InChI is InChI=1S/C9H13N3S.ClH/c1-8-9(12-7-11-8)6-13-5-3-2-4-10;/h7H,2-3,5-6H2,1H3,(H,11,12);1H. The van der Waals surface area contributed by atoms with Gasteiger partial charge in [0.1, 0.15) is 0 Å². The molecule has 0 aliphatic heterocycles. The third-order valence-corrected chi connectivity index (χ3v) is 2.81. The second kappa shape index (κ2) is 7.72. The molecule has 0 aliphatic carbocycles. The highest BCUT2D eigenvalue weighted by molar-refractivity contribution is 7.98. The van der Waals surface area contributed by atoms with Crippen molar-refractivity contribution in [2.45, 2.75) is 25.5 Å². The van der Waals surface area contributed by atoms with Crippen LogP contribution in [-0.4, -0.2) is 15.7 Å². The maximum absolute atomic E-state index is 8.32.